The fourth-order valence-electron chi connectivity index (χ4n) is 7.60. The quantitative estimate of drug-likeness (QED) is 0.168. The molecule has 0 atom stereocenters. The molecule has 1 aromatic heterocycles. The lowest BCUT2D eigenvalue weighted by Gasteiger charge is -2.34. The molecule has 0 unspecified atom stereocenters. The summed E-state index contributed by atoms with van der Waals surface area (Å²) in [6.07, 6.45) is 0. The van der Waals surface area contributed by atoms with Crippen molar-refractivity contribution in [1.82, 2.24) is 15.0 Å². The minimum Gasteiger partial charge on any atom is -0.238 e. The van der Waals surface area contributed by atoms with Crippen LogP contribution in [0.4, 0.5) is 5.69 Å². The molecule has 0 spiro atoms. The van der Waals surface area contributed by atoms with Gasteiger partial charge in [0.1, 0.15) is 0 Å². The van der Waals surface area contributed by atoms with Gasteiger partial charge in [0, 0.05) is 16.7 Å². The summed E-state index contributed by atoms with van der Waals surface area (Å²) in [6.45, 7) is 7.92. The molecule has 4 heteroatoms. The molecule has 7 aromatic carbocycles. The van der Waals surface area contributed by atoms with Gasteiger partial charge in [-0.05, 0) is 56.6 Å². The first-order valence-electron chi connectivity index (χ1n) is 17.0. The largest absolute Gasteiger partial charge is 0.238 e. The van der Waals surface area contributed by atoms with Crippen LogP contribution in [0.5, 0.6) is 0 Å². The van der Waals surface area contributed by atoms with Crippen LogP contribution in [-0.4, -0.2) is 15.0 Å². The van der Waals surface area contributed by atoms with Crippen molar-refractivity contribution < 1.29 is 0 Å². The summed E-state index contributed by atoms with van der Waals surface area (Å²) in [4.78, 5) is 18.8. The van der Waals surface area contributed by atoms with Crippen LogP contribution in [0.3, 0.4) is 0 Å². The summed E-state index contributed by atoms with van der Waals surface area (Å²) < 4.78 is 0. The Hall–Kier alpha value is -6.96. The van der Waals surface area contributed by atoms with Crippen LogP contribution in [0, 0.1) is 6.57 Å². The Kier molecular flexibility index (Phi) is 7.38. The third-order valence-electron chi connectivity index (χ3n) is 9.82. The molecule has 0 aliphatic heterocycles. The highest BCUT2D eigenvalue weighted by molar-refractivity contribution is 5.97. The smallest absolute Gasteiger partial charge is 0.187 e. The predicted molar refractivity (Wildman–Crippen MR) is 205 cm³/mol. The Labute approximate surface area is 297 Å². The molecule has 0 radical (unpaired) electrons. The first kappa shape index (κ1) is 30.1. The van der Waals surface area contributed by atoms with E-state index in [0.717, 1.165) is 38.9 Å². The zero-order valence-electron chi connectivity index (χ0n) is 27.6. The third-order valence-corrected chi connectivity index (χ3v) is 9.82. The van der Waals surface area contributed by atoms with E-state index in [-0.39, 0.29) is 0 Å². The molecule has 8 aromatic rings. The van der Waals surface area contributed by atoms with Crippen molar-refractivity contribution in [3.63, 3.8) is 0 Å². The van der Waals surface area contributed by atoms with Crippen molar-refractivity contribution in [1.29, 1.82) is 0 Å². The van der Waals surface area contributed by atoms with E-state index in [9.17, 15) is 0 Å². The maximum Gasteiger partial charge on any atom is 0.187 e. The van der Waals surface area contributed by atoms with Crippen LogP contribution in [0.25, 0.3) is 61.3 Å². The number of benzene rings is 7. The summed E-state index contributed by atoms with van der Waals surface area (Å²) in [5.41, 5.74) is 11.9. The van der Waals surface area contributed by atoms with E-state index in [4.69, 9.17) is 21.5 Å². The van der Waals surface area contributed by atoms with E-state index >= 15 is 0 Å². The molecule has 4 nitrogen and oxygen atoms in total. The third kappa shape index (κ3) is 5.03. The first-order chi connectivity index (χ1) is 25.2. The fourth-order valence-corrected chi connectivity index (χ4v) is 7.60. The van der Waals surface area contributed by atoms with Gasteiger partial charge in [-0.2, -0.15) is 0 Å². The van der Waals surface area contributed by atoms with Crippen molar-refractivity contribution in [3.8, 4) is 56.4 Å². The molecule has 0 saturated heterocycles. The molecular weight excluding hydrogens is 621 g/mol. The van der Waals surface area contributed by atoms with Crippen LogP contribution in [0.1, 0.15) is 22.3 Å². The number of fused-ring (bicyclic) bond motifs is 3. The summed E-state index contributed by atoms with van der Waals surface area (Å²) >= 11 is 0. The maximum atomic E-state index is 7.92. The highest BCUT2D eigenvalue weighted by atomic mass is 15.0. The molecule has 0 fully saturated rings. The van der Waals surface area contributed by atoms with Crippen molar-refractivity contribution in [2.75, 3.05) is 0 Å². The normalized spacial score (nSPS) is 12.5. The van der Waals surface area contributed by atoms with Crippen LogP contribution in [-0.2, 0) is 5.41 Å². The van der Waals surface area contributed by atoms with Crippen molar-refractivity contribution in [2.24, 2.45) is 0 Å². The second-order valence-electron chi connectivity index (χ2n) is 12.7. The number of hydrogen-bond acceptors (Lipinski definition) is 3. The van der Waals surface area contributed by atoms with Gasteiger partial charge in [0.2, 0.25) is 0 Å². The minimum atomic E-state index is -0.565. The van der Waals surface area contributed by atoms with Gasteiger partial charge in [-0.1, -0.05) is 170 Å². The van der Waals surface area contributed by atoms with Gasteiger partial charge in [0.15, 0.2) is 23.2 Å². The molecule has 1 aliphatic rings. The molecule has 1 aliphatic carbocycles. The Morgan fingerprint density at radius 3 is 1.45 bits per heavy atom. The fraction of sp³-hybridized carbons (Fsp3) is 0.0213. The van der Waals surface area contributed by atoms with E-state index in [2.05, 4.69) is 120 Å². The SMILES string of the molecule is [C-]#[N+]c1ccc2c(c1)-c1c(-c3cccc(-c4nc(-c5ccccc5)nc(-c5ccccc5)n4)c3)cccc1C2(c1ccccc1)c1ccccc1. The average Bonchev–Trinajstić information content (AvgIpc) is 3.52. The van der Waals surface area contributed by atoms with Gasteiger partial charge in [-0.15, -0.1) is 0 Å². The second-order valence-corrected chi connectivity index (χ2v) is 12.7. The van der Waals surface area contributed by atoms with Crippen molar-refractivity contribution >= 4 is 5.69 Å². The number of aromatic nitrogens is 3. The number of rotatable bonds is 6. The Balaban J connectivity index is 1.28. The van der Waals surface area contributed by atoms with E-state index in [1.807, 2.05) is 66.7 Å². The Bertz CT molecular complexity index is 2480. The summed E-state index contributed by atoms with van der Waals surface area (Å²) in [5, 5.41) is 0. The molecule has 0 amide bonds. The second kappa shape index (κ2) is 12.5. The van der Waals surface area contributed by atoms with Crippen molar-refractivity contribution in [3.05, 3.63) is 216 Å². The van der Waals surface area contributed by atoms with Crippen LogP contribution >= 0.6 is 0 Å². The number of nitrogens with zero attached hydrogens (tertiary/aromatic N) is 4. The van der Waals surface area contributed by atoms with Crippen LogP contribution < -0.4 is 0 Å². The first-order valence-corrected chi connectivity index (χ1v) is 17.0. The summed E-state index contributed by atoms with van der Waals surface area (Å²) in [5.74, 6) is 1.86. The molecule has 238 valence electrons. The zero-order valence-corrected chi connectivity index (χ0v) is 27.6. The molecule has 1 heterocycles. The van der Waals surface area contributed by atoms with Gasteiger partial charge in [0.05, 0.1) is 12.0 Å². The van der Waals surface area contributed by atoms with E-state index < -0.39 is 5.41 Å². The topological polar surface area (TPSA) is 43.0 Å². The minimum absolute atomic E-state index is 0.565. The lowest BCUT2D eigenvalue weighted by molar-refractivity contribution is 0.769. The average molecular weight is 651 g/mol. The van der Waals surface area contributed by atoms with Gasteiger partial charge in [0.25, 0.3) is 0 Å². The monoisotopic (exact) mass is 650 g/mol. The highest BCUT2D eigenvalue weighted by Gasteiger charge is 2.46. The van der Waals surface area contributed by atoms with Gasteiger partial charge in [-0.25, -0.2) is 19.8 Å². The lowest BCUT2D eigenvalue weighted by Crippen LogP contribution is -2.28. The van der Waals surface area contributed by atoms with Gasteiger partial charge in [-0.3, -0.25) is 0 Å². The van der Waals surface area contributed by atoms with E-state index in [1.165, 1.54) is 22.3 Å². The molecule has 0 N–H and O–H groups in total. The molecule has 0 bridgehead atoms. The highest BCUT2D eigenvalue weighted by Crippen LogP contribution is 2.58. The zero-order chi connectivity index (χ0) is 34.2. The molecular formula is C47H30N4. The standard InChI is InChI=1S/C47H30N4/c1-48-38-28-29-41-40(31-38)43-39(26-15-27-42(43)47(41,36-22-10-4-11-23-36)37-24-12-5-13-25-37)34-20-14-21-35(30-34)46-50-44(32-16-6-2-7-17-32)49-45(51-46)33-18-8-3-9-19-33/h2-31H. The number of hydrogen-bond donors (Lipinski definition) is 0. The molecule has 51 heavy (non-hydrogen) atoms. The lowest BCUT2D eigenvalue weighted by atomic mass is 9.67. The van der Waals surface area contributed by atoms with E-state index in [1.54, 1.807) is 0 Å². The Morgan fingerprint density at radius 1 is 0.392 bits per heavy atom. The van der Waals surface area contributed by atoms with Gasteiger partial charge >= 0.3 is 0 Å². The molecule has 9 rings (SSSR count). The van der Waals surface area contributed by atoms with E-state index in [0.29, 0.717) is 23.2 Å². The summed E-state index contributed by atoms with van der Waals surface area (Å²) in [7, 11) is 0. The van der Waals surface area contributed by atoms with Crippen molar-refractivity contribution in [2.45, 2.75) is 5.41 Å². The predicted octanol–water partition coefficient (Wildman–Crippen LogP) is 11.5. The Morgan fingerprint density at radius 2 is 0.882 bits per heavy atom. The van der Waals surface area contributed by atoms with Crippen LogP contribution in [0.15, 0.2) is 182 Å². The van der Waals surface area contributed by atoms with Gasteiger partial charge < -0.3 is 0 Å². The summed E-state index contributed by atoms with van der Waals surface area (Å²) in [6, 6.07) is 62.8. The maximum absolute atomic E-state index is 7.92. The van der Waals surface area contributed by atoms with Crippen LogP contribution in [0.2, 0.25) is 0 Å². The molecule has 0 saturated carbocycles.